The summed E-state index contributed by atoms with van der Waals surface area (Å²) in [6.07, 6.45) is 1.61. The standard InChI is InChI=1S/C14H11FN2OS/c1-2-17-11(5-6-16-17)14(18)13-8-9-7-10(15)3-4-12(9)19-13/h3-8H,2H2,1H3. The van der Waals surface area contributed by atoms with Gasteiger partial charge in [-0.2, -0.15) is 5.10 Å². The van der Waals surface area contributed by atoms with E-state index in [2.05, 4.69) is 5.10 Å². The van der Waals surface area contributed by atoms with E-state index in [1.807, 2.05) is 6.92 Å². The van der Waals surface area contributed by atoms with Crippen LogP contribution in [0.25, 0.3) is 10.1 Å². The fraction of sp³-hybridized carbons (Fsp3) is 0.143. The first-order valence-corrected chi connectivity index (χ1v) is 6.76. The molecule has 3 rings (SSSR count). The number of ketones is 1. The van der Waals surface area contributed by atoms with Crippen LogP contribution in [0.1, 0.15) is 22.3 Å². The number of aromatic nitrogens is 2. The van der Waals surface area contributed by atoms with Crippen LogP contribution in [0.4, 0.5) is 4.39 Å². The van der Waals surface area contributed by atoms with Crippen LogP contribution in [0, 0.1) is 5.82 Å². The summed E-state index contributed by atoms with van der Waals surface area (Å²) in [4.78, 5) is 13.0. The topological polar surface area (TPSA) is 34.9 Å². The fourth-order valence-electron chi connectivity index (χ4n) is 2.03. The number of hydrogen-bond donors (Lipinski definition) is 0. The fourth-order valence-corrected chi connectivity index (χ4v) is 3.02. The second kappa shape index (κ2) is 4.59. The summed E-state index contributed by atoms with van der Waals surface area (Å²) in [5, 5.41) is 4.85. The van der Waals surface area contributed by atoms with Crippen LogP contribution >= 0.6 is 11.3 Å². The molecule has 96 valence electrons. The quantitative estimate of drug-likeness (QED) is 0.685. The van der Waals surface area contributed by atoms with Crippen molar-refractivity contribution >= 4 is 27.2 Å². The highest BCUT2D eigenvalue weighted by Crippen LogP contribution is 2.28. The van der Waals surface area contributed by atoms with Crippen molar-refractivity contribution in [1.82, 2.24) is 9.78 Å². The number of carbonyl (C=O) groups is 1. The summed E-state index contributed by atoms with van der Waals surface area (Å²) in [5.41, 5.74) is 0.564. The van der Waals surface area contributed by atoms with E-state index in [9.17, 15) is 9.18 Å². The van der Waals surface area contributed by atoms with Crippen LogP contribution in [-0.4, -0.2) is 15.6 Å². The van der Waals surface area contributed by atoms with E-state index in [1.165, 1.54) is 23.5 Å². The number of halogens is 1. The van der Waals surface area contributed by atoms with Gasteiger partial charge < -0.3 is 0 Å². The summed E-state index contributed by atoms with van der Waals surface area (Å²) >= 11 is 1.37. The van der Waals surface area contributed by atoms with Crippen molar-refractivity contribution in [2.45, 2.75) is 13.5 Å². The van der Waals surface area contributed by atoms with Crippen LogP contribution < -0.4 is 0 Å². The summed E-state index contributed by atoms with van der Waals surface area (Å²) in [6, 6.07) is 7.99. The Labute approximate surface area is 113 Å². The third-order valence-corrected chi connectivity index (χ3v) is 4.07. The van der Waals surface area contributed by atoms with Crippen molar-refractivity contribution in [2.24, 2.45) is 0 Å². The van der Waals surface area contributed by atoms with E-state index in [1.54, 1.807) is 29.1 Å². The van der Waals surface area contributed by atoms with E-state index >= 15 is 0 Å². The molecule has 0 amide bonds. The number of aryl methyl sites for hydroxylation is 1. The van der Waals surface area contributed by atoms with Gasteiger partial charge in [-0.15, -0.1) is 11.3 Å². The molecule has 2 heterocycles. The zero-order chi connectivity index (χ0) is 13.4. The molecule has 0 aliphatic carbocycles. The summed E-state index contributed by atoms with van der Waals surface area (Å²) in [5.74, 6) is -0.358. The first-order chi connectivity index (χ1) is 9.19. The lowest BCUT2D eigenvalue weighted by Gasteiger charge is -2.01. The highest BCUT2D eigenvalue weighted by Gasteiger charge is 2.16. The average Bonchev–Trinajstić information content (AvgIpc) is 3.03. The summed E-state index contributed by atoms with van der Waals surface area (Å²) in [7, 11) is 0. The first-order valence-electron chi connectivity index (χ1n) is 5.94. The number of nitrogens with zero attached hydrogens (tertiary/aromatic N) is 2. The monoisotopic (exact) mass is 274 g/mol. The molecule has 0 atom stereocenters. The molecular weight excluding hydrogens is 263 g/mol. The van der Waals surface area contributed by atoms with E-state index in [4.69, 9.17) is 0 Å². The summed E-state index contributed by atoms with van der Waals surface area (Å²) < 4.78 is 15.7. The Morgan fingerprint density at radius 1 is 1.37 bits per heavy atom. The van der Waals surface area contributed by atoms with Crippen LogP contribution in [0.3, 0.4) is 0 Å². The van der Waals surface area contributed by atoms with Crippen molar-refractivity contribution in [3.8, 4) is 0 Å². The number of fused-ring (bicyclic) bond motifs is 1. The number of thiophene rings is 1. The maximum Gasteiger partial charge on any atom is 0.220 e. The molecule has 19 heavy (non-hydrogen) atoms. The molecule has 3 nitrogen and oxygen atoms in total. The van der Waals surface area contributed by atoms with Gasteiger partial charge in [0.2, 0.25) is 5.78 Å². The van der Waals surface area contributed by atoms with Gasteiger partial charge >= 0.3 is 0 Å². The van der Waals surface area contributed by atoms with Crippen molar-refractivity contribution in [2.75, 3.05) is 0 Å². The normalized spacial score (nSPS) is 11.1. The maximum absolute atomic E-state index is 13.1. The molecule has 1 aromatic carbocycles. The van der Waals surface area contributed by atoms with Crippen molar-refractivity contribution in [3.63, 3.8) is 0 Å². The number of benzene rings is 1. The van der Waals surface area contributed by atoms with Crippen LogP contribution in [0.5, 0.6) is 0 Å². The van der Waals surface area contributed by atoms with Gasteiger partial charge in [0.05, 0.1) is 4.88 Å². The smallest absolute Gasteiger partial charge is 0.220 e. The average molecular weight is 274 g/mol. The molecule has 5 heteroatoms. The molecule has 0 saturated carbocycles. The molecule has 0 unspecified atom stereocenters. The Morgan fingerprint density at radius 2 is 2.21 bits per heavy atom. The Bertz CT molecular complexity index is 760. The van der Waals surface area contributed by atoms with E-state index < -0.39 is 0 Å². The third kappa shape index (κ3) is 2.06. The van der Waals surface area contributed by atoms with Gasteiger partial charge in [-0.05, 0) is 42.6 Å². The maximum atomic E-state index is 13.1. The lowest BCUT2D eigenvalue weighted by molar-refractivity contribution is 0.103. The Hall–Kier alpha value is -2.01. The second-order valence-corrected chi connectivity index (χ2v) is 5.24. The van der Waals surface area contributed by atoms with Crippen LogP contribution in [-0.2, 0) is 6.54 Å². The molecule has 0 radical (unpaired) electrons. The van der Waals surface area contributed by atoms with E-state index in [0.29, 0.717) is 17.1 Å². The highest BCUT2D eigenvalue weighted by molar-refractivity contribution is 7.21. The van der Waals surface area contributed by atoms with Gasteiger partial charge in [-0.3, -0.25) is 9.48 Å². The summed E-state index contributed by atoms with van der Waals surface area (Å²) in [6.45, 7) is 2.58. The number of carbonyl (C=O) groups excluding carboxylic acids is 1. The van der Waals surface area contributed by atoms with Crippen molar-refractivity contribution in [1.29, 1.82) is 0 Å². The Kier molecular flexibility index (Phi) is 2.91. The lowest BCUT2D eigenvalue weighted by atomic mass is 10.2. The Morgan fingerprint density at radius 3 is 3.00 bits per heavy atom. The van der Waals surface area contributed by atoms with Crippen molar-refractivity contribution < 1.29 is 9.18 Å². The van der Waals surface area contributed by atoms with Gasteiger partial charge in [0.25, 0.3) is 0 Å². The zero-order valence-electron chi connectivity index (χ0n) is 10.3. The van der Waals surface area contributed by atoms with Gasteiger partial charge in [0.1, 0.15) is 11.5 Å². The van der Waals surface area contributed by atoms with Gasteiger partial charge in [0.15, 0.2) is 0 Å². The largest absolute Gasteiger partial charge is 0.286 e. The molecule has 0 bridgehead atoms. The molecule has 2 aromatic heterocycles. The molecule has 0 aliphatic rings. The minimum absolute atomic E-state index is 0.0686. The predicted octanol–water partition coefficient (Wildman–Crippen LogP) is 3.49. The molecule has 0 N–H and O–H groups in total. The Balaban J connectivity index is 2.07. The zero-order valence-corrected chi connectivity index (χ0v) is 11.1. The minimum atomic E-state index is -0.289. The highest BCUT2D eigenvalue weighted by atomic mass is 32.1. The number of hydrogen-bond acceptors (Lipinski definition) is 3. The third-order valence-electron chi connectivity index (χ3n) is 2.95. The second-order valence-electron chi connectivity index (χ2n) is 4.15. The van der Waals surface area contributed by atoms with Crippen molar-refractivity contribution in [3.05, 3.63) is 52.9 Å². The molecule has 0 fully saturated rings. The van der Waals surface area contributed by atoms with E-state index in [-0.39, 0.29) is 11.6 Å². The molecule has 0 spiro atoms. The van der Waals surface area contributed by atoms with Gasteiger partial charge in [-0.1, -0.05) is 0 Å². The van der Waals surface area contributed by atoms with Gasteiger partial charge in [-0.25, -0.2) is 4.39 Å². The lowest BCUT2D eigenvalue weighted by Crippen LogP contribution is -2.09. The minimum Gasteiger partial charge on any atom is -0.286 e. The molecule has 0 saturated heterocycles. The predicted molar refractivity (Wildman–Crippen MR) is 73.1 cm³/mol. The molecule has 0 aliphatic heterocycles. The molecule has 3 aromatic rings. The number of rotatable bonds is 3. The van der Waals surface area contributed by atoms with Gasteiger partial charge in [0, 0.05) is 17.4 Å². The first kappa shape index (κ1) is 12.0. The van der Waals surface area contributed by atoms with Crippen LogP contribution in [0.2, 0.25) is 0 Å². The van der Waals surface area contributed by atoms with Crippen LogP contribution in [0.15, 0.2) is 36.5 Å². The SMILES string of the molecule is CCn1nccc1C(=O)c1cc2cc(F)ccc2s1. The molecular formula is C14H11FN2OS. The van der Waals surface area contributed by atoms with E-state index in [0.717, 1.165) is 10.1 Å².